The molecule has 1 aliphatic heterocycles. The van der Waals surface area contributed by atoms with Gasteiger partial charge < -0.3 is 9.13 Å². The smallest absolute Gasteiger partial charge is 0.142 e. The molecule has 0 saturated carbocycles. The molecule has 0 bridgehead atoms. The van der Waals surface area contributed by atoms with Crippen molar-refractivity contribution in [3.8, 4) is 16.8 Å². The van der Waals surface area contributed by atoms with Gasteiger partial charge in [-0.05, 0) is 46.5 Å². The molecule has 0 amide bonds. The monoisotopic (exact) mass is 645 g/mol. The highest BCUT2D eigenvalue weighted by Crippen LogP contribution is 2.42. The molecule has 3 N–H and O–H groups in total. The average molecular weight is 646 g/mol. The molecule has 3 atom stereocenters. The second kappa shape index (κ2) is 11.9. The number of nitrogens with zero attached hydrogens (tertiary/aromatic N) is 2. The summed E-state index contributed by atoms with van der Waals surface area (Å²) >= 11 is 0. The van der Waals surface area contributed by atoms with E-state index < -0.39 is 0 Å². The Bertz CT molecular complexity index is 2620. The molecule has 5 nitrogen and oxygen atoms in total. The predicted molar refractivity (Wildman–Crippen MR) is 206 cm³/mol. The lowest BCUT2D eigenvalue weighted by Gasteiger charge is -2.40. The molecular formula is C45H35N5. The topological polar surface area (TPSA) is 46.0 Å². The summed E-state index contributed by atoms with van der Waals surface area (Å²) < 4.78 is 4.94. The van der Waals surface area contributed by atoms with E-state index >= 15 is 0 Å². The minimum atomic E-state index is -0.240. The number of nitrogens with one attached hydrogen (secondary N) is 3. The van der Waals surface area contributed by atoms with E-state index in [0.29, 0.717) is 0 Å². The number of aromatic nitrogens is 2. The molecule has 7 aromatic carbocycles. The van der Waals surface area contributed by atoms with Crippen LogP contribution in [0.3, 0.4) is 0 Å². The average Bonchev–Trinajstić information content (AvgIpc) is 3.72. The van der Waals surface area contributed by atoms with Crippen LogP contribution in [-0.2, 0) is 0 Å². The second-order valence-corrected chi connectivity index (χ2v) is 13.1. The minimum Gasteiger partial charge on any atom is -0.309 e. The van der Waals surface area contributed by atoms with Crippen LogP contribution < -0.4 is 16.0 Å². The van der Waals surface area contributed by atoms with E-state index in [-0.39, 0.29) is 18.6 Å². The molecule has 0 radical (unpaired) electrons. The van der Waals surface area contributed by atoms with E-state index in [1.807, 2.05) is 0 Å². The summed E-state index contributed by atoms with van der Waals surface area (Å²) in [6.45, 7) is 0. The first-order valence-electron chi connectivity index (χ1n) is 17.3. The summed E-state index contributed by atoms with van der Waals surface area (Å²) in [5.41, 5.74) is 10.7. The number of para-hydroxylation sites is 3. The molecule has 3 heterocycles. The fraction of sp³-hybridized carbons (Fsp3) is 0.0667. The third kappa shape index (κ3) is 4.67. The zero-order valence-electron chi connectivity index (χ0n) is 27.4. The lowest BCUT2D eigenvalue weighted by Crippen LogP contribution is -2.56. The third-order valence-electron chi connectivity index (χ3n) is 10.2. The summed E-state index contributed by atoms with van der Waals surface area (Å²) in [7, 11) is 0. The van der Waals surface area contributed by atoms with Gasteiger partial charge in [0.1, 0.15) is 6.29 Å². The van der Waals surface area contributed by atoms with Crippen molar-refractivity contribution in [1.29, 1.82) is 0 Å². The van der Waals surface area contributed by atoms with Crippen LogP contribution in [0.2, 0.25) is 0 Å². The Hall–Kier alpha value is -5.98. The standard InChI is InChI=1S/C45H35N5/c1-4-14-30(15-5-1)31-24-26-33(27-25-31)44-46-43(32-16-6-2-7-17-32)47-45(48-44)50-40-23-13-11-21-36(40)38-29-28-37-35-20-10-12-22-39(35)49(41(37)42(38)50)34-18-8-3-9-19-34/h1-29,43-48H. The van der Waals surface area contributed by atoms with Gasteiger partial charge in [-0.15, -0.1) is 0 Å². The van der Waals surface area contributed by atoms with Crippen molar-refractivity contribution in [2.75, 3.05) is 0 Å². The van der Waals surface area contributed by atoms with Gasteiger partial charge in [0.05, 0.1) is 34.4 Å². The molecule has 0 spiro atoms. The zero-order chi connectivity index (χ0) is 33.0. The Kier molecular flexibility index (Phi) is 6.88. The van der Waals surface area contributed by atoms with Gasteiger partial charge >= 0.3 is 0 Å². The molecule has 50 heavy (non-hydrogen) atoms. The molecule has 10 rings (SSSR count). The van der Waals surface area contributed by atoms with Crippen molar-refractivity contribution in [2.24, 2.45) is 0 Å². The first-order chi connectivity index (χ1) is 24.8. The molecule has 3 unspecified atom stereocenters. The summed E-state index contributed by atoms with van der Waals surface area (Å²) in [5.74, 6) is 0. The highest BCUT2D eigenvalue weighted by atomic mass is 15.4. The van der Waals surface area contributed by atoms with Crippen LogP contribution in [0.5, 0.6) is 0 Å². The number of rotatable bonds is 5. The molecule has 0 aliphatic carbocycles. The second-order valence-electron chi connectivity index (χ2n) is 13.1. The SMILES string of the molecule is c1ccc(-c2ccc(C3NC(c4ccccc4)NC(n4c5ccccc5c5ccc6c7ccccc7n(-c7ccccc7)c6c54)N3)cc2)cc1. The molecule has 1 saturated heterocycles. The Morgan fingerprint density at radius 3 is 1.54 bits per heavy atom. The Morgan fingerprint density at radius 1 is 0.360 bits per heavy atom. The summed E-state index contributed by atoms with van der Waals surface area (Å²) in [6.07, 6.45) is -0.459. The lowest BCUT2D eigenvalue weighted by atomic mass is 10.0. The van der Waals surface area contributed by atoms with Crippen molar-refractivity contribution in [1.82, 2.24) is 25.1 Å². The first-order valence-corrected chi connectivity index (χ1v) is 17.3. The largest absolute Gasteiger partial charge is 0.309 e. The van der Waals surface area contributed by atoms with Crippen molar-refractivity contribution in [2.45, 2.75) is 18.6 Å². The molecule has 1 fully saturated rings. The van der Waals surface area contributed by atoms with Gasteiger partial charge in [0.2, 0.25) is 0 Å². The Morgan fingerprint density at radius 2 is 0.860 bits per heavy atom. The van der Waals surface area contributed by atoms with Crippen molar-refractivity contribution >= 4 is 43.6 Å². The van der Waals surface area contributed by atoms with Gasteiger partial charge in [0.25, 0.3) is 0 Å². The van der Waals surface area contributed by atoms with E-state index in [9.17, 15) is 0 Å². The number of benzene rings is 7. The first kappa shape index (κ1) is 29.0. The summed E-state index contributed by atoms with van der Waals surface area (Å²) in [4.78, 5) is 0. The van der Waals surface area contributed by atoms with Gasteiger partial charge in [-0.25, -0.2) is 0 Å². The van der Waals surface area contributed by atoms with Crippen molar-refractivity contribution < 1.29 is 0 Å². The minimum absolute atomic E-state index is 0.100. The third-order valence-corrected chi connectivity index (χ3v) is 10.2. The maximum atomic E-state index is 4.00. The van der Waals surface area contributed by atoms with Crippen LogP contribution in [-0.4, -0.2) is 9.13 Å². The van der Waals surface area contributed by atoms with Crippen LogP contribution in [0, 0.1) is 0 Å². The van der Waals surface area contributed by atoms with E-state index in [4.69, 9.17) is 0 Å². The van der Waals surface area contributed by atoms with Gasteiger partial charge in [-0.1, -0.05) is 152 Å². The Labute approximate surface area is 290 Å². The fourth-order valence-corrected chi connectivity index (χ4v) is 7.95. The molecular weight excluding hydrogens is 611 g/mol. The van der Waals surface area contributed by atoms with Crippen LogP contribution >= 0.6 is 0 Å². The fourth-order valence-electron chi connectivity index (χ4n) is 7.95. The molecule has 9 aromatic rings. The van der Waals surface area contributed by atoms with Crippen LogP contribution in [0.25, 0.3) is 60.4 Å². The summed E-state index contributed by atoms with van der Waals surface area (Å²) in [5, 5.41) is 16.8. The number of hydrogen-bond donors (Lipinski definition) is 3. The Balaban J connectivity index is 1.21. The van der Waals surface area contributed by atoms with Crippen molar-refractivity contribution in [3.63, 3.8) is 0 Å². The molecule has 240 valence electrons. The maximum Gasteiger partial charge on any atom is 0.142 e. The normalized spacial score (nSPS) is 18.0. The quantitative estimate of drug-likeness (QED) is 0.175. The van der Waals surface area contributed by atoms with Crippen molar-refractivity contribution in [3.05, 3.63) is 187 Å². The molecule has 5 heteroatoms. The number of hydrogen-bond acceptors (Lipinski definition) is 3. The zero-order valence-corrected chi connectivity index (χ0v) is 27.4. The highest BCUT2D eigenvalue weighted by Gasteiger charge is 2.32. The van der Waals surface area contributed by atoms with Crippen LogP contribution in [0.1, 0.15) is 29.7 Å². The predicted octanol–water partition coefficient (Wildman–Crippen LogP) is 10.2. The maximum absolute atomic E-state index is 4.00. The van der Waals surface area contributed by atoms with Gasteiger partial charge in [0.15, 0.2) is 0 Å². The van der Waals surface area contributed by atoms with E-state index in [1.165, 1.54) is 65.9 Å². The van der Waals surface area contributed by atoms with Gasteiger partial charge in [-0.3, -0.25) is 16.0 Å². The molecule has 2 aromatic heterocycles. The van der Waals surface area contributed by atoms with Gasteiger partial charge in [-0.2, -0.15) is 0 Å². The van der Waals surface area contributed by atoms with Crippen LogP contribution in [0.4, 0.5) is 0 Å². The van der Waals surface area contributed by atoms with Crippen LogP contribution in [0.15, 0.2) is 176 Å². The summed E-state index contributed by atoms with van der Waals surface area (Å²) in [6, 6.07) is 63.2. The number of fused-ring (bicyclic) bond motifs is 7. The van der Waals surface area contributed by atoms with E-state index in [2.05, 4.69) is 201 Å². The molecule has 1 aliphatic rings. The van der Waals surface area contributed by atoms with Gasteiger partial charge in [0, 0.05) is 27.2 Å². The highest BCUT2D eigenvalue weighted by molar-refractivity contribution is 6.23. The lowest BCUT2D eigenvalue weighted by molar-refractivity contribution is 0.161. The van der Waals surface area contributed by atoms with E-state index in [0.717, 1.165) is 5.69 Å². The van der Waals surface area contributed by atoms with E-state index in [1.54, 1.807) is 0 Å².